The standard InChI is InChI=1S/C17H24FN3OS/c1-19-9-11-20(12-10-19)7-2-8-21-16(22)13-23-17(21)14-3-5-15(18)6-4-14/h3-6,17H,2,7-13H2,1H3/p+2/t17-/m1/s1. The summed E-state index contributed by atoms with van der Waals surface area (Å²) in [6.07, 6.45) is 1.04. The number of hydrogen-bond donors (Lipinski definition) is 2. The third-order valence-electron chi connectivity index (χ3n) is 4.86. The summed E-state index contributed by atoms with van der Waals surface area (Å²) in [4.78, 5) is 17.4. The van der Waals surface area contributed by atoms with Crippen LogP contribution < -0.4 is 9.80 Å². The van der Waals surface area contributed by atoms with Gasteiger partial charge in [0.15, 0.2) is 0 Å². The minimum Gasteiger partial charge on any atom is -0.328 e. The van der Waals surface area contributed by atoms with Crippen LogP contribution in [0.4, 0.5) is 4.39 Å². The van der Waals surface area contributed by atoms with E-state index in [2.05, 4.69) is 7.05 Å². The molecule has 126 valence electrons. The quantitative estimate of drug-likeness (QED) is 0.736. The molecule has 2 saturated heterocycles. The van der Waals surface area contributed by atoms with Crippen molar-refractivity contribution in [3.05, 3.63) is 35.6 Å². The molecule has 2 fully saturated rings. The van der Waals surface area contributed by atoms with Gasteiger partial charge in [-0.1, -0.05) is 12.1 Å². The van der Waals surface area contributed by atoms with Crippen molar-refractivity contribution < 1.29 is 19.0 Å². The third kappa shape index (κ3) is 4.25. The Hall–Kier alpha value is -1.11. The van der Waals surface area contributed by atoms with Gasteiger partial charge in [0.05, 0.1) is 19.3 Å². The fourth-order valence-electron chi connectivity index (χ4n) is 3.38. The highest BCUT2D eigenvalue weighted by molar-refractivity contribution is 8.00. The van der Waals surface area contributed by atoms with Crippen LogP contribution in [0.1, 0.15) is 17.4 Å². The van der Waals surface area contributed by atoms with Crippen molar-refractivity contribution in [1.82, 2.24) is 4.90 Å². The Morgan fingerprint density at radius 1 is 1.22 bits per heavy atom. The van der Waals surface area contributed by atoms with Crippen molar-refractivity contribution in [2.75, 3.05) is 52.1 Å². The van der Waals surface area contributed by atoms with E-state index in [1.54, 1.807) is 33.7 Å². The molecule has 1 aromatic rings. The van der Waals surface area contributed by atoms with Crippen LogP contribution in [0.5, 0.6) is 0 Å². The van der Waals surface area contributed by atoms with Gasteiger partial charge in [-0.2, -0.15) is 0 Å². The van der Waals surface area contributed by atoms with E-state index in [-0.39, 0.29) is 17.1 Å². The van der Waals surface area contributed by atoms with Gasteiger partial charge in [-0.15, -0.1) is 11.8 Å². The number of likely N-dealkylation sites (N-methyl/N-ethyl adjacent to an activating group) is 1. The summed E-state index contributed by atoms with van der Waals surface area (Å²) in [6, 6.07) is 6.56. The van der Waals surface area contributed by atoms with Crippen molar-refractivity contribution in [2.24, 2.45) is 0 Å². The first kappa shape index (κ1) is 16.7. The van der Waals surface area contributed by atoms with E-state index in [0.29, 0.717) is 5.75 Å². The average molecular weight is 339 g/mol. The topological polar surface area (TPSA) is 29.2 Å². The molecule has 0 saturated carbocycles. The molecule has 2 aliphatic heterocycles. The Bertz CT molecular complexity index is 531. The number of quaternary nitrogens is 2. The van der Waals surface area contributed by atoms with Crippen molar-refractivity contribution >= 4 is 17.7 Å². The summed E-state index contributed by atoms with van der Waals surface area (Å²) in [5.74, 6) is 0.518. The van der Waals surface area contributed by atoms with Crippen LogP contribution in [0, 0.1) is 5.82 Å². The molecule has 1 atom stereocenters. The van der Waals surface area contributed by atoms with Gasteiger partial charge in [0.2, 0.25) is 5.91 Å². The molecule has 0 spiro atoms. The Labute approximate surface area is 141 Å². The number of amides is 1. The number of carbonyl (C=O) groups excluding carboxylic acids is 1. The fourth-order valence-corrected chi connectivity index (χ4v) is 4.60. The highest BCUT2D eigenvalue weighted by atomic mass is 32.2. The summed E-state index contributed by atoms with van der Waals surface area (Å²) in [7, 11) is 2.25. The van der Waals surface area contributed by atoms with Crippen molar-refractivity contribution in [2.45, 2.75) is 11.8 Å². The molecule has 0 unspecified atom stereocenters. The zero-order valence-electron chi connectivity index (χ0n) is 13.7. The molecule has 0 bridgehead atoms. The predicted molar refractivity (Wildman–Crippen MR) is 90.1 cm³/mol. The third-order valence-corrected chi connectivity index (χ3v) is 6.12. The molecular weight excluding hydrogens is 313 g/mol. The lowest BCUT2D eigenvalue weighted by molar-refractivity contribution is -1.00. The Morgan fingerprint density at radius 3 is 2.61 bits per heavy atom. The van der Waals surface area contributed by atoms with Gasteiger partial charge < -0.3 is 14.7 Å². The number of nitrogens with one attached hydrogen (secondary N) is 2. The number of rotatable bonds is 5. The Balaban J connectivity index is 1.52. The molecule has 1 amide bonds. The van der Waals surface area contributed by atoms with E-state index in [1.165, 1.54) is 38.3 Å². The normalized spacial score (nSPS) is 28.3. The maximum atomic E-state index is 13.1. The average Bonchev–Trinajstić information content (AvgIpc) is 2.91. The van der Waals surface area contributed by atoms with Crippen LogP contribution in [0.25, 0.3) is 0 Å². The highest BCUT2D eigenvalue weighted by Crippen LogP contribution is 2.38. The summed E-state index contributed by atoms with van der Waals surface area (Å²) in [5.41, 5.74) is 1.03. The first-order valence-corrected chi connectivity index (χ1v) is 9.50. The predicted octanol–water partition coefficient (Wildman–Crippen LogP) is -0.797. The second-order valence-electron chi connectivity index (χ2n) is 6.61. The van der Waals surface area contributed by atoms with E-state index in [4.69, 9.17) is 0 Å². The summed E-state index contributed by atoms with van der Waals surface area (Å²) in [6.45, 7) is 6.89. The zero-order chi connectivity index (χ0) is 16.2. The molecule has 2 aliphatic rings. The summed E-state index contributed by atoms with van der Waals surface area (Å²) >= 11 is 1.65. The first-order valence-electron chi connectivity index (χ1n) is 8.45. The number of halogens is 1. The molecule has 0 aromatic heterocycles. The minimum atomic E-state index is -0.226. The van der Waals surface area contributed by atoms with Crippen molar-refractivity contribution in [3.63, 3.8) is 0 Å². The number of benzene rings is 1. The van der Waals surface area contributed by atoms with Crippen LogP contribution in [-0.2, 0) is 4.79 Å². The second-order valence-corrected chi connectivity index (χ2v) is 7.68. The van der Waals surface area contributed by atoms with Crippen LogP contribution in [-0.4, -0.2) is 62.9 Å². The van der Waals surface area contributed by atoms with Gasteiger partial charge in [-0.3, -0.25) is 4.79 Å². The Morgan fingerprint density at radius 2 is 1.91 bits per heavy atom. The Kier molecular flexibility index (Phi) is 5.56. The monoisotopic (exact) mass is 339 g/mol. The second kappa shape index (κ2) is 7.64. The molecule has 2 N–H and O–H groups in total. The van der Waals surface area contributed by atoms with Crippen LogP contribution in [0.15, 0.2) is 24.3 Å². The number of piperazine rings is 1. The van der Waals surface area contributed by atoms with Crippen LogP contribution in [0.3, 0.4) is 0 Å². The lowest BCUT2D eigenvalue weighted by Crippen LogP contribution is -3.27. The number of nitrogens with zero attached hydrogens (tertiary/aromatic N) is 1. The van der Waals surface area contributed by atoms with E-state index in [9.17, 15) is 9.18 Å². The molecular formula is C17H26FN3OS+2. The molecule has 1 aromatic carbocycles. The largest absolute Gasteiger partial charge is 0.328 e. The molecule has 2 heterocycles. The van der Waals surface area contributed by atoms with E-state index in [1.807, 2.05) is 4.90 Å². The maximum Gasteiger partial charge on any atom is 0.233 e. The molecule has 3 rings (SSSR count). The summed E-state index contributed by atoms with van der Waals surface area (Å²) < 4.78 is 13.1. The van der Waals surface area contributed by atoms with Gasteiger partial charge in [-0.05, 0) is 17.7 Å². The zero-order valence-corrected chi connectivity index (χ0v) is 14.5. The van der Waals surface area contributed by atoms with Gasteiger partial charge in [0, 0.05) is 13.0 Å². The van der Waals surface area contributed by atoms with Crippen molar-refractivity contribution in [3.8, 4) is 0 Å². The number of carbonyl (C=O) groups is 1. The molecule has 6 heteroatoms. The smallest absolute Gasteiger partial charge is 0.233 e. The number of thioether (sulfide) groups is 1. The number of hydrogen-bond acceptors (Lipinski definition) is 2. The molecule has 0 radical (unpaired) electrons. The lowest BCUT2D eigenvalue weighted by Gasteiger charge is -2.29. The van der Waals surface area contributed by atoms with Gasteiger partial charge in [0.1, 0.15) is 37.4 Å². The van der Waals surface area contributed by atoms with Gasteiger partial charge in [-0.25, -0.2) is 4.39 Å². The molecule has 4 nitrogen and oxygen atoms in total. The van der Waals surface area contributed by atoms with Crippen LogP contribution >= 0.6 is 11.8 Å². The maximum absolute atomic E-state index is 13.1. The van der Waals surface area contributed by atoms with Gasteiger partial charge in [0.25, 0.3) is 0 Å². The molecule has 23 heavy (non-hydrogen) atoms. The fraction of sp³-hybridized carbons (Fsp3) is 0.588. The van der Waals surface area contributed by atoms with E-state index < -0.39 is 0 Å². The van der Waals surface area contributed by atoms with Gasteiger partial charge >= 0.3 is 0 Å². The van der Waals surface area contributed by atoms with Crippen LogP contribution in [0.2, 0.25) is 0 Å². The summed E-state index contributed by atoms with van der Waals surface area (Å²) in [5, 5.41) is 0.0510. The lowest BCUT2D eigenvalue weighted by atomic mass is 10.2. The van der Waals surface area contributed by atoms with Crippen molar-refractivity contribution in [1.29, 1.82) is 0 Å². The van der Waals surface area contributed by atoms with E-state index >= 15 is 0 Å². The highest BCUT2D eigenvalue weighted by Gasteiger charge is 2.32. The minimum absolute atomic E-state index is 0.0510. The molecule has 0 aliphatic carbocycles. The SMILES string of the molecule is C[NH+]1CC[NH+](CCCN2C(=O)CS[C@@H]2c2ccc(F)cc2)CC1. The van der Waals surface area contributed by atoms with E-state index in [0.717, 1.165) is 25.1 Å². The first-order chi connectivity index (χ1) is 11.1.